The van der Waals surface area contributed by atoms with Gasteiger partial charge >= 0.3 is 18.2 Å². The largest absolute Gasteiger partial charge is 0.453 e. The molecular weight excluding hydrogens is 653 g/mol. The molecule has 2 N–H and O–H groups in total. The number of hydrogen-bond acceptors (Lipinski definition) is 7. The molecule has 48 heavy (non-hydrogen) atoms. The lowest BCUT2D eigenvalue weighted by Gasteiger charge is -2.18. The van der Waals surface area contributed by atoms with Crippen molar-refractivity contribution in [2.75, 3.05) is 0 Å². The number of aromatic amines is 1. The van der Waals surface area contributed by atoms with E-state index < -0.39 is 46.8 Å². The van der Waals surface area contributed by atoms with Crippen molar-refractivity contribution in [1.29, 1.82) is 0 Å². The van der Waals surface area contributed by atoms with Crippen molar-refractivity contribution < 1.29 is 41.4 Å². The van der Waals surface area contributed by atoms with Crippen LogP contribution in [0.4, 0.5) is 18.0 Å². The molecule has 2 aromatic heterocycles. The fraction of sp³-hybridized carbons (Fsp3) is 0.114. The third-order valence-corrected chi connectivity index (χ3v) is 7.47. The van der Waals surface area contributed by atoms with Crippen LogP contribution in [0, 0.1) is 0 Å². The molecule has 4 aromatic carbocycles. The van der Waals surface area contributed by atoms with Crippen molar-refractivity contribution in [2.24, 2.45) is 0 Å². The summed E-state index contributed by atoms with van der Waals surface area (Å²) in [6.45, 7) is -0.0590. The molecule has 244 valence electrons. The number of alkyl carbamates (subject to hydrolysis) is 1. The van der Waals surface area contributed by atoms with Gasteiger partial charge in [0, 0.05) is 34.6 Å². The molecule has 2 heterocycles. The number of para-hydroxylation sites is 1. The highest BCUT2D eigenvalue weighted by atomic mass is 35.5. The summed E-state index contributed by atoms with van der Waals surface area (Å²) < 4.78 is 63.4. The Kier molecular flexibility index (Phi) is 9.08. The first-order chi connectivity index (χ1) is 23.0. The Morgan fingerprint density at radius 3 is 2.35 bits per heavy atom. The van der Waals surface area contributed by atoms with E-state index in [1.807, 2.05) is 30.3 Å². The zero-order chi connectivity index (χ0) is 33.8. The number of hydrogen-bond donors (Lipinski definition) is 2. The third kappa shape index (κ3) is 7.29. The lowest BCUT2D eigenvalue weighted by Crippen LogP contribution is -2.44. The number of alkyl halides is 3. The minimum atomic E-state index is -5.11. The fourth-order valence-corrected chi connectivity index (χ4v) is 5.05. The van der Waals surface area contributed by atoms with Gasteiger partial charge in [-0.05, 0) is 53.6 Å². The number of rotatable bonds is 9. The molecule has 9 nitrogen and oxygen atoms in total. The molecule has 0 bridgehead atoms. The zero-order valence-electron chi connectivity index (χ0n) is 24.7. The highest BCUT2D eigenvalue weighted by molar-refractivity contribution is 6.30. The van der Waals surface area contributed by atoms with E-state index in [9.17, 15) is 27.6 Å². The summed E-state index contributed by atoms with van der Waals surface area (Å²) in [5.41, 5.74) is 0.598. The molecule has 1 amide bonds. The van der Waals surface area contributed by atoms with E-state index in [-0.39, 0.29) is 29.9 Å². The summed E-state index contributed by atoms with van der Waals surface area (Å²) in [6, 6.07) is 23.7. The molecule has 0 aliphatic carbocycles. The summed E-state index contributed by atoms with van der Waals surface area (Å²) in [7, 11) is 0. The quantitative estimate of drug-likeness (QED) is 0.117. The van der Waals surface area contributed by atoms with E-state index >= 15 is 0 Å². The molecule has 0 saturated carbocycles. The topological polar surface area (TPSA) is 120 Å². The average molecular weight is 677 g/mol. The van der Waals surface area contributed by atoms with Crippen LogP contribution in [0.3, 0.4) is 0 Å². The molecule has 0 saturated heterocycles. The van der Waals surface area contributed by atoms with Crippen LogP contribution in [-0.4, -0.2) is 23.1 Å². The van der Waals surface area contributed by atoms with Gasteiger partial charge in [-0.3, -0.25) is 4.79 Å². The van der Waals surface area contributed by atoms with Crippen LogP contribution in [0.15, 0.2) is 112 Å². The molecule has 0 radical (unpaired) electrons. The van der Waals surface area contributed by atoms with Gasteiger partial charge in [0.1, 0.15) is 29.7 Å². The number of fused-ring (bicyclic) bond motifs is 2. The van der Waals surface area contributed by atoms with Gasteiger partial charge in [-0.15, -0.1) is 0 Å². The smallest absolute Gasteiger partial charge is 0.449 e. The molecule has 6 aromatic rings. The summed E-state index contributed by atoms with van der Waals surface area (Å²) in [4.78, 5) is 42.6. The van der Waals surface area contributed by atoms with Gasteiger partial charge in [0.2, 0.25) is 11.2 Å². The van der Waals surface area contributed by atoms with E-state index in [0.29, 0.717) is 10.6 Å². The van der Waals surface area contributed by atoms with Crippen LogP contribution >= 0.6 is 11.6 Å². The van der Waals surface area contributed by atoms with Crippen LogP contribution in [-0.2, 0) is 28.7 Å². The van der Waals surface area contributed by atoms with Gasteiger partial charge in [0.15, 0.2) is 0 Å². The maximum absolute atomic E-state index is 14.0. The van der Waals surface area contributed by atoms with Crippen LogP contribution in [0.25, 0.3) is 21.9 Å². The van der Waals surface area contributed by atoms with Crippen molar-refractivity contribution in [3.8, 4) is 17.2 Å². The summed E-state index contributed by atoms with van der Waals surface area (Å²) in [5.74, 6) is -4.01. The van der Waals surface area contributed by atoms with E-state index in [4.69, 9.17) is 30.2 Å². The molecule has 0 aliphatic rings. The summed E-state index contributed by atoms with van der Waals surface area (Å²) in [5, 5.41) is 3.38. The summed E-state index contributed by atoms with van der Waals surface area (Å²) >= 11 is 5.84. The number of amides is 1. The third-order valence-electron chi connectivity index (χ3n) is 7.22. The number of nitrogens with one attached hydrogen (secondary N) is 2. The van der Waals surface area contributed by atoms with E-state index in [2.05, 4.69) is 10.3 Å². The SMILES string of the molecule is O=C(N[C@H](Cc1c[nH]c2ccccc12)C(=O)Oc1ccc2c(=O)c(Oc3ccc(Cl)cc3)c(C(F)(F)F)oc2c1)OCc1ccccc1. The molecule has 1 atom stereocenters. The summed E-state index contributed by atoms with van der Waals surface area (Å²) in [6.07, 6.45) is -4.34. The minimum Gasteiger partial charge on any atom is -0.449 e. The van der Waals surface area contributed by atoms with Crippen molar-refractivity contribution in [1.82, 2.24) is 10.3 Å². The Bertz CT molecular complexity index is 2160. The van der Waals surface area contributed by atoms with Gasteiger partial charge in [-0.25, -0.2) is 9.59 Å². The molecule has 0 fully saturated rings. The number of benzene rings is 4. The number of esters is 1. The second-order valence-corrected chi connectivity index (χ2v) is 11.0. The van der Waals surface area contributed by atoms with Gasteiger partial charge in [0.05, 0.1) is 5.39 Å². The lowest BCUT2D eigenvalue weighted by molar-refractivity contribution is -0.154. The van der Waals surface area contributed by atoms with Gasteiger partial charge < -0.3 is 28.9 Å². The number of aromatic nitrogens is 1. The first-order valence-corrected chi connectivity index (χ1v) is 14.8. The molecule has 6 rings (SSSR count). The van der Waals surface area contributed by atoms with Crippen LogP contribution < -0.4 is 20.2 Å². The van der Waals surface area contributed by atoms with Gasteiger partial charge in [-0.1, -0.05) is 60.1 Å². The number of carbonyl (C=O) groups excluding carboxylic acids is 2. The minimum absolute atomic E-state index is 0.0183. The Morgan fingerprint density at radius 1 is 0.896 bits per heavy atom. The Labute approximate surface area is 274 Å². The van der Waals surface area contributed by atoms with Crippen LogP contribution in [0.5, 0.6) is 17.2 Å². The van der Waals surface area contributed by atoms with E-state index in [0.717, 1.165) is 28.6 Å². The first kappa shape index (κ1) is 32.2. The molecular formula is C35H24ClF3N2O7. The highest BCUT2D eigenvalue weighted by Crippen LogP contribution is 2.39. The van der Waals surface area contributed by atoms with Crippen molar-refractivity contribution in [3.05, 3.63) is 135 Å². The maximum atomic E-state index is 14.0. The van der Waals surface area contributed by atoms with E-state index in [1.165, 1.54) is 30.3 Å². The monoisotopic (exact) mass is 676 g/mol. The van der Waals surface area contributed by atoms with Crippen molar-refractivity contribution >= 4 is 45.5 Å². The van der Waals surface area contributed by atoms with E-state index in [1.54, 1.807) is 30.5 Å². The standard InChI is InChI=1S/C35H24ClF3N2O7/c36-22-10-12-23(13-11-22)46-31-30(42)26-15-14-24(17-29(26)48-32(31)35(37,38)39)47-33(43)28(16-21-18-40-27-9-5-4-8-25(21)27)41-34(44)45-19-20-6-2-1-3-7-20/h1-15,17-18,28,40H,16,19H2,(H,41,44)/t28-/m1/s1. The van der Waals surface area contributed by atoms with Crippen molar-refractivity contribution in [2.45, 2.75) is 25.2 Å². The molecule has 0 spiro atoms. The molecule has 0 aliphatic heterocycles. The molecule has 13 heteroatoms. The van der Waals surface area contributed by atoms with Crippen LogP contribution in [0.2, 0.25) is 5.02 Å². The van der Waals surface area contributed by atoms with Crippen molar-refractivity contribution in [3.63, 3.8) is 0 Å². The predicted molar refractivity (Wildman–Crippen MR) is 170 cm³/mol. The Morgan fingerprint density at radius 2 is 1.60 bits per heavy atom. The Balaban J connectivity index is 1.27. The zero-order valence-corrected chi connectivity index (χ0v) is 25.4. The number of carbonyl (C=O) groups is 2. The highest BCUT2D eigenvalue weighted by Gasteiger charge is 2.40. The predicted octanol–water partition coefficient (Wildman–Crippen LogP) is 8.18. The van der Waals surface area contributed by atoms with Gasteiger partial charge in [-0.2, -0.15) is 13.2 Å². The second kappa shape index (κ2) is 13.5. The number of halogens is 4. The van der Waals surface area contributed by atoms with Gasteiger partial charge in [0.25, 0.3) is 5.76 Å². The number of H-pyrrole nitrogens is 1. The average Bonchev–Trinajstić information content (AvgIpc) is 3.48. The maximum Gasteiger partial charge on any atom is 0.453 e. The fourth-order valence-electron chi connectivity index (χ4n) is 4.93. The normalized spacial score (nSPS) is 12.1. The number of ether oxygens (including phenoxy) is 3. The Hall–Kier alpha value is -5.75. The van der Waals surface area contributed by atoms with Crippen LogP contribution in [0.1, 0.15) is 16.9 Å². The second-order valence-electron chi connectivity index (χ2n) is 10.5. The lowest BCUT2D eigenvalue weighted by atomic mass is 10.1. The first-order valence-electron chi connectivity index (χ1n) is 14.4. The molecule has 0 unspecified atom stereocenters.